The number of ketones is 1. The lowest BCUT2D eigenvalue weighted by atomic mass is 9.96. The third-order valence-electron chi connectivity index (χ3n) is 4.20. The van der Waals surface area contributed by atoms with E-state index in [0.717, 1.165) is 5.56 Å². The number of carbonyl (C=O) groups excluding carboxylic acids is 2. The second-order valence-electron chi connectivity index (χ2n) is 6.64. The zero-order chi connectivity index (χ0) is 18.7. The Kier molecular flexibility index (Phi) is 4.98. The average Bonchev–Trinajstić information content (AvgIpc) is 2.62. The fourth-order valence-electron chi connectivity index (χ4n) is 2.86. The minimum Gasteiger partial charge on any atom is -0.484 e. The number of hydrogen-bond acceptors (Lipinski definition) is 5. The van der Waals surface area contributed by atoms with Crippen LogP contribution < -0.4 is 9.47 Å². The van der Waals surface area contributed by atoms with Gasteiger partial charge in [-0.25, -0.2) is 4.79 Å². The van der Waals surface area contributed by atoms with Gasteiger partial charge < -0.3 is 14.2 Å². The van der Waals surface area contributed by atoms with Crippen LogP contribution in [0.15, 0.2) is 48.5 Å². The number of hydrogen-bond donors (Lipinski definition) is 0. The first-order chi connectivity index (χ1) is 12.4. The Balaban J connectivity index is 1.84. The van der Waals surface area contributed by atoms with Crippen molar-refractivity contribution in [1.82, 2.24) is 0 Å². The molecule has 0 spiro atoms. The minimum atomic E-state index is -1.14. The van der Waals surface area contributed by atoms with E-state index < -0.39 is 11.6 Å². The minimum absolute atomic E-state index is 0.0244. The highest BCUT2D eigenvalue weighted by Crippen LogP contribution is 2.37. The summed E-state index contributed by atoms with van der Waals surface area (Å²) in [4.78, 5) is 24.5. The van der Waals surface area contributed by atoms with Gasteiger partial charge in [0, 0.05) is 6.07 Å². The van der Waals surface area contributed by atoms with Crippen molar-refractivity contribution in [2.45, 2.75) is 38.9 Å². The number of rotatable bonds is 5. The molecule has 0 saturated carbocycles. The lowest BCUT2D eigenvalue weighted by Crippen LogP contribution is -2.39. The van der Waals surface area contributed by atoms with Gasteiger partial charge in [0.2, 0.25) is 0 Å². The number of Topliss-reactive ketones (excluding diaryl/α,β-unsaturated/α-hetero) is 1. The van der Waals surface area contributed by atoms with Crippen molar-refractivity contribution in [3.63, 3.8) is 0 Å². The molecule has 26 heavy (non-hydrogen) atoms. The Hall–Kier alpha value is -2.82. The van der Waals surface area contributed by atoms with Crippen molar-refractivity contribution < 1.29 is 23.8 Å². The van der Waals surface area contributed by atoms with Crippen molar-refractivity contribution in [3.05, 3.63) is 59.7 Å². The van der Waals surface area contributed by atoms with E-state index >= 15 is 0 Å². The molecular weight excluding hydrogens is 332 g/mol. The number of benzene rings is 2. The van der Waals surface area contributed by atoms with Crippen LogP contribution in [0.5, 0.6) is 11.5 Å². The van der Waals surface area contributed by atoms with E-state index in [1.807, 2.05) is 30.3 Å². The lowest BCUT2D eigenvalue weighted by molar-refractivity contribution is -0.158. The molecule has 5 heteroatoms. The summed E-state index contributed by atoms with van der Waals surface area (Å²) in [5.41, 5.74) is 0.338. The number of fused-ring (bicyclic) bond motifs is 1. The molecule has 1 unspecified atom stereocenters. The van der Waals surface area contributed by atoms with Crippen molar-refractivity contribution >= 4 is 11.8 Å². The molecule has 1 atom stereocenters. The first-order valence-electron chi connectivity index (χ1n) is 8.66. The zero-order valence-corrected chi connectivity index (χ0v) is 15.2. The highest BCUT2D eigenvalue weighted by Gasteiger charge is 2.33. The van der Waals surface area contributed by atoms with E-state index in [9.17, 15) is 9.59 Å². The normalized spacial score (nSPS) is 16.4. The Morgan fingerprint density at radius 2 is 1.92 bits per heavy atom. The van der Waals surface area contributed by atoms with Crippen LogP contribution in [-0.4, -0.2) is 24.0 Å². The molecule has 0 radical (unpaired) electrons. The van der Waals surface area contributed by atoms with Crippen LogP contribution >= 0.6 is 0 Å². The Labute approximate surface area is 152 Å². The maximum Gasteiger partial charge on any atom is 0.349 e. The second kappa shape index (κ2) is 7.20. The van der Waals surface area contributed by atoms with Gasteiger partial charge in [0.05, 0.1) is 18.6 Å². The summed E-state index contributed by atoms with van der Waals surface area (Å²) in [5.74, 6) is 0.490. The van der Waals surface area contributed by atoms with Gasteiger partial charge >= 0.3 is 5.97 Å². The number of carbonyl (C=O) groups is 2. The monoisotopic (exact) mass is 354 g/mol. The molecule has 0 amide bonds. The van der Waals surface area contributed by atoms with Crippen LogP contribution in [-0.2, 0) is 9.53 Å². The maximum absolute atomic E-state index is 12.5. The summed E-state index contributed by atoms with van der Waals surface area (Å²) in [5, 5.41) is 0. The highest BCUT2D eigenvalue weighted by molar-refractivity contribution is 6.00. The topological polar surface area (TPSA) is 61.8 Å². The lowest BCUT2D eigenvalue weighted by Gasteiger charge is -2.28. The smallest absolute Gasteiger partial charge is 0.349 e. The third kappa shape index (κ3) is 3.72. The molecule has 5 nitrogen and oxygen atoms in total. The number of ether oxygens (including phenoxy) is 3. The van der Waals surface area contributed by atoms with E-state index in [1.165, 1.54) is 0 Å². The van der Waals surface area contributed by atoms with Gasteiger partial charge in [-0.3, -0.25) is 4.79 Å². The van der Waals surface area contributed by atoms with E-state index in [1.54, 1.807) is 39.0 Å². The standard InChI is InChI=1S/C21H22O5/c1-4-24-20(23)21(2,3)26-15-10-11-16-17(22)13-18(25-19(16)12-15)14-8-6-5-7-9-14/h5-12,18H,4,13H2,1-3H3. The fourth-order valence-corrected chi connectivity index (χ4v) is 2.86. The first-order valence-corrected chi connectivity index (χ1v) is 8.66. The molecule has 0 aliphatic carbocycles. The van der Waals surface area contributed by atoms with Crippen LogP contribution in [0.2, 0.25) is 0 Å². The summed E-state index contributed by atoms with van der Waals surface area (Å²) in [7, 11) is 0. The molecule has 1 aliphatic rings. The van der Waals surface area contributed by atoms with Crippen LogP contribution in [0.25, 0.3) is 0 Å². The van der Waals surface area contributed by atoms with E-state index in [4.69, 9.17) is 14.2 Å². The van der Waals surface area contributed by atoms with Gasteiger partial charge in [-0.1, -0.05) is 30.3 Å². The van der Waals surface area contributed by atoms with Gasteiger partial charge in [0.15, 0.2) is 11.4 Å². The largest absolute Gasteiger partial charge is 0.484 e. The quantitative estimate of drug-likeness (QED) is 0.756. The molecule has 2 aromatic carbocycles. The van der Waals surface area contributed by atoms with E-state index in [2.05, 4.69) is 0 Å². The Morgan fingerprint density at radius 1 is 1.19 bits per heavy atom. The average molecular weight is 354 g/mol. The molecule has 3 rings (SSSR count). The van der Waals surface area contributed by atoms with Gasteiger partial charge in [0.25, 0.3) is 0 Å². The molecule has 0 saturated heterocycles. The van der Waals surface area contributed by atoms with Crippen molar-refractivity contribution in [1.29, 1.82) is 0 Å². The van der Waals surface area contributed by atoms with E-state index in [-0.39, 0.29) is 18.5 Å². The summed E-state index contributed by atoms with van der Waals surface area (Å²) < 4.78 is 16.9. The molecule has 1 heterocycles. The van der Waals surface area contributed by atoms with Crippen molar-refractivity contribution in [2.75, 3.05) is 6.61 Å². The predicted molar refractivity (Wildman–Crippen MR) is 96.5 cm³/mol. The summed E-state index contributed by atoms with van der Waals surface area (Å²) in [6, 6.07) is 14.6. The molecule has 0 bridgehead atoms. The summed E-state index contributed by atoms with van der Waals surface area (Å²) >= 11 is 0. The maximum atomic E-state index is 12.5. The summed E-state index contributed by atoms with van der Waals surface area (Å²) in [6.07, 6.45) is -0.0320. The SMILES string of the molecule is CCOC(=O)C(C)(C)Oc1ccc2c(c1)OC(c1ccccc1)CC2=O. The second-order valence-corrected chi connectivity index (χ2v) is 6.64. The summed E-state index contributed by atoms with van der Waals surface area (Å²) in [6.45, 7) is 5.31. The fraction of sp³-hybridized carbons (Fsp3) is 0.333. The molecular formula is C21H22O5. The molecule has 0 aromatic heterocycles. The third-order valence-corrected chi connectivity index (χ3v) is 4.20. The van der Waals surface area contributed by atoms with Gasteiger partial charge in [0.1, 0.15) is 17.6 Å². The van der Waals surface area contributed by atoms with Crippen LogP contribution in [0.3, 0.4) is 0 Å². The van der Waals surface area contributed by atoms with Crippen molar-refractivity contribution in [2.24, 2.45) is 0 Å². The zero-order valence-electron chi connectivity index (χ0n) is 15.2. The van der Waals surface area contributed by atoms with Crippen LogP contribution in [0.4, 0.5) is 0 Å². The van der Waals surface area contributed by atoms with Gasteiger partial charge in [-0.15, -0.1) is 0 Å². The molecule has 2 aromatic rings. The van der Waals surface area contributed by atoms with Crippen molar-refractivity contribution in [3.8, 4) is 11.5 Å². The first kappa shape index (κ1) is 18.0. The Morgan fingerprint density at radius 3 is 2.62 bits per heavy atom. The highest BCUT2D eigenvalue weighted by atomic mass is 16.6. The van der Waals surface area contributed by atoms with Gasteiger partial charge in [-0.2, -0.15) is 0 Å². The molecule has 1 aliphatic heterocycles. The molecule has 136 valence electrons. The molecule has 0 fully saturated rings. The number of esters is 1. The van der Waals surface area contributed by atoms with Crippen LogP contribution in [0, 0.1) is 0 Å². The van der Waals surface area contributed by atoms with E-state index in [0.29, 0.717) is 23.5 Å². The Bertz CT molecular complexity index is 810. The van der Waals surface area contributed by atoms with Crippen LogP contribution in [0.1, 0.15) is 49.2 Å². The van der Waals surface area contributed by atoms with Gasteiger partial charge in [-0.05, 0) is 38.5 Å². The molecule has 0 N–H and O–H groups in total. The predicted octanol–water partition coefficient (Wildman–Crippen LogP) is 4.11.